The molecule has 0 aliphatic rings. The molecule has 0 aromatic heterocycles. The molecule has 0 amide bonds. The van der Waals surface area contributed by atoms with Crippen LogP contribution in [-0.2, 0) is 4.79 Å². The van der Waals surface area contributed by atoms with Crippen molar-refractivity contribution in [2.75, 3.05) is 0 Å². The monoisotopic (exact) mass is 144 g/mol. The molecule has 58 valence electrons. The number of carbonyl (C=O) groups is 1. The predicted octanol–water partition coefficient (Wildman–Crippen LogP) is 0.788. The van der Waals surface area contributed by atoms with Crippen molar-refractivity contribution < 1.29 is 15.0 Å². The van der Waals surface area contributed by atoms with Crippen LogP contribution in [0.5, 0.6) is 0 Å². The Labute approximate surface area is 60.0 Å². The normalized spacial score (nSPS) is 13.8. The van der Waals surface area contributed by atoms with E-state index in [0.29, 0.717) is 12.8 Å². The van der Waals surface area contributed by atoms with Gasteiger partial charge in [-0.05, 0) is 12.8 Å². The highest BCUT2D eigenvalue weighted by Gasteiger charge is 1.95. The van der Waals surface area contributed by atoms with E-state index >= 15 is 0 Å². The second-order valence-corrected chi connectivity index (χ2v) is 2.04. The summed E-state index contributed by atoms with van der Waals surface area (Å²) in [6.45, 7) is 1.85. The van der Waals surface area contributed by atoms with Gasteiger partial charge in [-0.2, -0.15) is 0 Å². The summed E-state index contributed by atoms with van der Waals surface area (Å²) in [5, 5.41) is 17.1. The molecule has 10 heavy (non-hydrogen) atoms. The maximum Gasteiger partial charge on any atom is 0.327 e. The fourth-order valence-electron chi connectivity index (χ4n) is 0.493. The van der Waals surface area contributed by atoms with Gasteiger partial charge in [0.25, 0.3) is 0 Å². The molecule has 0 aromatic carbocycles. The number of hydrogen-bond donors (Lipinski definition) is 2. The van der Waals surface area contributed by atoms with Crippen molar-refractivity contribution in [1.29, 1.82) is 0 Å². The van der Waals surface area contributed by atoms with Crippen molar-refractivity contribution in [2.45, 2.75) is 25.9 Å². The van der Waals surface area contributed by atoms with E-state index in [2.05, 4.69) is 0 Å². The van der Waals surface area contributed by atoms with Crippen LogP contribution in [0.2, 0.25) is 0 Å². The lowest BCUT2D eigenvalue weighted by Gasteiger charge is -2.00. The van der Waals surface area contributed by atoms with Gasteiger partial charge in [-0.1, -0.05) is 13.0 Å². The number of carboxylic acid groups (broad SMARTS) is 1. The largest absolute Gasteiger partial charge is 0.478 e. The lowest BCUT2D eigenvalue weighted by Crippen LogP contribution is -2.01. The van der Waals surface area contributed by atoms with Crippen LogP contribution >= 0.6 is 0 Å². The number of aliphatic carboxylic acids is 1. The number of aliphatic hydroxyl groups excluding tert-OH is 1. The van der Waals surface area contributed by atoms with Gasteiger partial charge in [-0.25, -0.2) is 4.79 Å². The van der Waals surface area contributed by atoms with E-state index in [1.165, 1.54) is 6.08 Å². The van der Waals surface area contributed by atoms with Gasteiger partial charge >= 0.3 is 5.97 Å². The van der Waals surface area contributed by atoms with Gasteiger partial charge in [-0.15, -0.1) is 0 Å². The van der Waals surface area contributed by atoms with Crippen LogP contribution in [-0.4, -0.2) is 22.3 Å². The molecule has 0 aliphatic heterocycles. The molecule has 0 aromatic rings. The van der Waals surface area contributed by atoms with E-state index in [1.54, 1.807) is 0 Å². The standard InChI is InChI=1S/C7H12O3/c1-2-6(8)4-3-5-7(9)10/h3,5-6,8H,2,4H2,1H3,(H,9,10). The number of aliphatic hydroxyl groups is 1. The Bertz CT molecular complexity index is 129. The van der Waals surface area contributed by atoms with E-state index in [4.69, 9.17) is 10.2 Å². The lowest BCUT2D eigenvalue weighted by molar-refractivity contribution is -0.131. The van der Waals surface area contributed by atoms with E-state index in [1.807, 2.05) is 6.92 Å². The molecule has 0 rings (SSSR count). The second-order valence-electron chi connectivity index (χ2n) is 2.04. The Morgan fingerprint density at radius 2 is 2.30 bits per heavy atom. The molecule has 0 aliphatic carbocycles. The van der Waals surface area contributed by atoms with Crippen LogP contribution < -0.4 is 0 Å². The Hall–Kier alpha value is -0.830. The van der Waals surface area contributed by atoms with Crippen molar-refractivity contribution in [3.63, 3.8) is 0 Å². The van der Waals surface area contributed by atoms with Gasteiger partial charge in [-0.3, -0.25) is 0 Å². The SMILES string of the molecule is CCC(O)CC=CC(=O)O. The van der Waals surface area contributed by atoms with Crippen LogP contribution in [0.4, 0.5) is 0 Å². The topological polar surface area (TPSA) is 57.5 Å². The zero-order valence-corrected chi connectivity index (χ0v) is 5.95. The third-order valence-electron chi connectivity index (χ3n) is 1.14. The van der Waals surface area contributed by atoms with E-state index in [9.17, 15) is 4.79 Å². The maximum absolute atomic E-state index is 9.90. The Morgan fingerprint density at radius 3 is 2.70 bits per heavy atom. The van der Waals surface area contributed by atoms with Crippen LogP contribution in [0.15, 0.2) is 12.2 Å². The van der Waals surface area contributed by atoms with Crippen LogP contribution in [0.1, 0.15) is 19.8 Å². The number of rotatable bonds is 4. The highest BCUT2D eigenvalue weighted by Crippen LogP contribution is 1.96. The van der Waals surface area contributed by atoms with Crippen molar-refractivity contribution in [1.82, 2.24) is 0 Å². The quantitative estimate of drug-likeness (QED) is 0.573. The average molecular weight is 144 g/mol. The molecular weight excluding hydrogens is 132 g/mol. The first-order chi connectivity index (χ1) is 4.66. The van der Waals surface area contributed by atoms with Gasteiger partial charge < -0.3 is 10.2 Å². The first-order valence-electron chi connectivity index (χ1n) is 3.24. The molecule has 0 heterocycles. The summed E-state index contributed by atoms with van der Waals surface area (Å²) in [5.41, 5.74) is 0. The Balaban J connectivity index is 3.43. The minimum Gasteiger partial charge on any atom is -0.478 e. The third kappa shape index (κ3) is 5.31. The minimum absolute atomic E-state index is 0.407. The Kier molecular flexibility index (Phi) is 4.58. The molecule has 2 N–H and O–H groups in total. The second kappa shape index (κ2) is 4.99. The van der Waals surface area contributed by atoms with Crippen LogP contribution in [0, 0.1) is 0 Å². The zero-order chi connectivity index (χ0) is 7.98. The summed E-state index contributed by atoms with van der Waals surface area (Å²) in [6.07, 6.45) is 3.16. The summed E-state index contributed by atoms with van der Waals surface area (Å²) in [6, 6.07) is 0. The van der Waals surface area contributed by atoms with Crippen molar-refractivity contribution >= 4 is 5.97 Å². The summed E-state index contributed by atoms with van der Waals surface area (Å²) in [5.74, 6) is -0.969. The molecule has 0 spiro atoms. The molecule has 0 saturated heterocycles. The lowest BCUT2D eigenvalue weighted by atomic mass is 10.2. The van der Waals surface area contributed by atoms with Crippen LogP contribution in [0.3, 0.4) is 0 Å². The molecule has 1 atom stereocenters. The third-order valence-corrected chi connectivity index (χ3v) is 1.14. The molecule has 0 saturated carbocycles. The van der Waals surface area contributed by atoms with E-state index < -0.39 is 12.1 Å². The molecule has 0 bridgehead atoms. The first-order valence-corrected chi connectivity index (χ1v) is 3.24. The van der Waals surface area contributed by atoms with Crippen molar-refractivity contribution in [3.05, 3.63) is 12.2 Å². The number of carboxylic acids is 1. The maximum atomic E-state index is 9.90. The molecule has 1 unspecified atom stereocenters. The van der Waals surface area contributed by atoms with Gasteiger partial charge in [0.15, 0.2) is 0 Å². The van der Waals surface area contributed by atoms with Crippen molar-refractivity contribution in [3.8, 4) is 0 Å². The summed E-state index contributed by atoms with van der Waals surface area (Å²) >= 11 is 0. The summed E-state index contributed by atoms with van der Waals surface area (Å²) < 4.78 is 0. The zero-order valence-electron chi connectivity index (χ0n) is 5.95. The predicted molar refractivity (Wildman–Crippen MR) is 37.7 cm³/mol. The van der Waals surface area contributed by atoms with Crippen molar-refractivity contribution in [2.24, 2.45) is 0 Å². The molecule has 3 heteroatoms. The fourth-order valence-corrected chi connectivity index (χ4v) is 0.493. The average Bonchev–Trinajstić information content (AvgIpc) is 1.87. The van der Waals surface area contributed by atoms with E-state index in [0.717, 1.165) is 6.08 Å². The Morgan fingerprint density at radius 1 is 1.70 bits per heavy atom. The molecule has 0 radical (unpaired) electrons. The first kappa shape index (κ1) is 9.17. The molecular formula is C7H12O3. The smallest absolute Gasteiger partial charge is 0.327 e. The highest BCUT2D eigenvalue weighted by atomic mass is 16.4. The number of hydrogen-bond acceptors (Lipinski definition) is 2. The molecule has 0 fully saturated rings. The van der Waals surface area contributed by atoms with Gasteiger partial charge in [0.2, 0.25) is 0 Å². The summed E-state index contributed by atoms with van der Waals surface area (Å²) in [4.78, 5) is 9.90. The van der Waals surface area contributed by atoms with Gasteiger partial charge in [0.05, 0.1) is 6.10 Å². The van der Waals surface area contributed by atoms with Gasteiger partial charge in [0.1, 0.15) is 0 Å². The van der Waals surface area contributed by atoms with E-state index in [-0.39, 0.29) is 0 Å². The summed E-state index contributed by atoms with van der Waals surface area (Å²) in [7, 11) is 0. The fraction of sp³-hybridized carbons (Fsp3) is 0.571. The molecule has 3 nitrogen and oxygen atoms in total. The minimum atomic E-state index is -0.969. The van der Waals surface area contributed by atoms with Crippen LogP contribution in [0.25, 0.3) is 0 Å². The highest BCUT2D eigenvalue weighted by molar-refractivity contribution is 5.79. The van der Waals surface area contributed by atoms with Gasteiger partial charge in [0, 0.05) is 6.08 Å².